The first kappa shape index (κ1) is 16.7. The highest BCUT2D eigenvalue weighted by Crippen LogP contribution is 2.12. The summed E-state index contributed by atoms with van der Waals surface area (Å²) in [5.74, 6) is 0.0469. The van der Waals surface area contributed by atoms with Crippen molar-refractivity contribution in [2.45, 2.75) is 13.8 Å². The zero-order valence-electron chi connectivity index (χ0n) is 10.1. The smallest absolute Gasteiger partial charge is 0.238 e. The van der Waals surface area contributed by atoms with Crippen LogP contribution in [0.3, 0.4) is 0 Å². The third-order valence-electron chi connectivity index (χ3n) is 2.37. The summed E-state index contributed by atoms with van der Waals surface area (Å²) >= 11 is 2.23. The molecular formula is C12H18ClIN2O. The summed E-state index contributed by atoms with van der Waals surface area (Å²) in [6.45, 7) is 6.37. The van der Waals surface area contributed by atoms with E-state index < -0.39 is 0 Å². The molecule has 0 bridgehead atoms. The Balaban J connectivity index is 0.00000256. The van der Waals surface area contributed by atoms with Crippen LogP contribution in [0, 0.1) is 3.57 Å². The van der Waals surface area contributed by atoms with E-state index >= 15 is 0 Å². The Morgan fingerprint density at radius 1 is 1.35 bits per heavy atom. The van der Waals surface area contributed by atoms with E-state index in [1.54, 1.807) is 0 Å². The fourth-order valence-electron chi connectivity index (χ4n) is 1.42. The van der Waals surface area contributed by atoms with Gasteiger partial charge in [-0.1, -0.05) is 19.9 Å². The first-order valence-electron chi connectivity index (χ1n) is 5.43. The summed E-state index contributed by atoms with van der Waals surface area (Å²) in [6, 6.07) is 7.80. The molecule has 5 heteroatoms. The van der Waals surface area contributed by atoms with Gasteiger partial charge in [0.2, 0.25) is 5.91 Å². The maximum atomic E-state index is 11.7. The Morgan fingerprint density at radius 2 is 2.00 bits per heavy atom. The van der Waals surface area contributed by atoms with E-state index in [0.29, 0.717) is 6.54 Å². The number of carbonyl (C=O) groups excluding carboxylic acids is 1. The lowest BCUT2D eigenvalue weighted by molar-refractivity contribution is -0.117. The molecule has 0 atom stereocenters. The zero-order valence-corrected chi connectivity index (χ0v) is 13.0. The van der Waals surface area contributed by atoms with E-state index in [4.69, 9.17) is 0 Å². The number of hydrogen-bond donors (Lipinski definition) is 1. The predicted octanol–water partition coefficient (Wildman–Crippen LogP) is 2.99. The Kier molecular flexibility index (Phi) is 8.55. The van der Waals surface area contributed by atoms with Gasteiger partial charge in [0.25, 0.3) is 0 Å². The molecule has 0 aliphatic rings. The van der Waals surface area contributed by atoms with Gasteiger partial charge in [-0.25, -0.2) is 0 Å². The standard InChI is InChI=1S/C12H17IN2O.ClH/c1-3-15(4-2)9-12(16)14-11-7-5-6-10(13)8-11;/h5-8H,3-4,9H2,1-2H3,(H,14,16);1H. The van der Waals surface area contributed by atoms with Crippen molar-refractivity contribution in [3.8, 4) is 0 Å². The van der Waals surface area contributed by atoms with Crippen LogP contribution >= 0.6 is 35.0 Å². The van der Waals surface area contributed by atoms with Crippen LogP contribution in [0.5, 0.6) is 0 Å². The molecule has 0 fully saturated rings. The van der Waals surface area contributed by atoms with Crippen LogP contribution in [0.1, 0.15) is 13.8 Å². The number of halogens is 2. The summed E-state index contributed by atoms with van der Waals surface area (Å²) in [5.41, 5.74) is 0.865. The predicted molar refractivity (Wildman–Crippen MR) is 82.8 cm³/mol. The van der Waals surface area contributed by atoms with Crippen LogP contribution in [0.4, 0.5) is 5.69 Å². The molecule has 1 aromatic carbocycles. The Morgan fingerprint density at radius 3 is 2.53 bits per heavy atom. The van der Waals surface area contributed by atoms with E-state index in [9.17, 15) is 4.79 Å². The van der Waals surface area contributed by atoms with Crippen LogP contribution in [0.2, 0.25) is 0 Å². The fourth-order valence-corrected chi connectivity index (χ4v) is 1.96. The van der Waals surface area contributed by atoms with E-state index in [0.717, 1.165) is 22.3 Å². The molecule has 1 amide bonds. The topological polar surface area (TPSA) is 32.3 Å². The van der Waals surface area contributed by atoms with Crippen LogP contribution < -0.4 is 5.32 Å². The van der Waals surface area contributed by atoms with Gasteiger partial charge < -0.3 is 5.32 Å². The molecule has 0 aliphatic carbocycles. The summed E-state index contributed by atoms with van der Waals surface area (Å²) in [5, 5.41) is 2.90. The molecule has 0 aliphatic heterocycles. The van der Waals surface area contributed by atoms with Crippen molar-refractivity contribution in [3.05, 3.63) is 27.8 Å². The summed E-state index contributed by atoms with van der Waals surface area (Å²) in [7, 11) is 0. The molecule has 0 radical (unpaired) electrons. The van der Waals surface area contributed by atoms with Gasteiger partial charge in [-0.3, -0.25) is 9.69 Å². The molecule has 1 rings (SSSR count). The quantitative estimate of drug-likeness (QED) is 0.810. The van der Waals surface area contributed by atoms with Gasteiger partial charge in [0.05, 0.1) is 6.54 Å². The zero-order chi connectivity index (χ0) is 12.0. The van der Waals surface area contributed by atoms with E-state index in [1.165, 1.54) is 0 Å². The highest BCUT2D eigenvalue weighted by molar-refractivity contribution is 14.1. The van der Waals surface area contributed by atoms with Crippen LogP contribution in [-0.2, 0) is 4.79 Å². The van der Waals surface area contributed by atoms with Crippen LogP contribution in [0.15, 0.2) is 24.3 Å². The third-order valence-corrected chi connectivity index (χ3v) is 3.04. The van der Waals surface area contributed by atoms with E-state index in [-0.39, 0.29) is 18.3 Å². The van der Waals surface area contributed by atoms with Crippen molar-refractivity contribution in [1.29, 1.82) is 0 Å². The summed E-state index contributed by atoms with van der Waals surface area (Å²) in [6.07, 6.45) is 0. The third kappa shape index (κ3) is 6.24. The Labute approximate surface area is 123 Å². The molecule has 3 nitrogen and oxygen atoms in total. The molecule has 0 spiro atoms. The van der Waals surface area contributed by atoms with Gasteiger partial charge in [0, 0.05) is 9.26 Å². The average Bonchev–Trinajstić information content (AvgIpc) is 2.26. The molecule has 0 heterocycles. The number of nitrogens with one attached hydrogen (secondary N) is 1. The SMILES string of the molecule is CCN(CC)CC(=O)Nc1cccc(I)c1.Cl. The second kappa shape index (κ2) is 8.72. The van der Waals surface area contributed by atoms with Crippen molar-refractivity contribution in [1.82, 2.24) is 4.90 Å². The van der Waals surface area contributed by atoms with Crippen molar-refractivity contribution >= 4 is 46.6 Å². The number of hydrogen-bond acceptors (Lipinski definition) is 2. The number of nitrogens with zero attached hydrogens (tertiary/aromatic N) is 1. The maximum absolute atomic E-state index is 11.7. The van der Waals surface area contributed by atoms with Crippen molar-refractivity contribution < 1.29 is 4.79 Å². The van der Waals surface area contributed by atoms with Gasteiger partial charge in [-0.15, -0.1) is 12.4 Å². The highest BCUT2D eigenvalue weighted by atomic mass is 127. The van der Waals surface area contributed by atoms with Gasteiger partial charge in [0.1, 0.15) is 0 Å². The Hall–Kier alpha value is -0.330. The molecule has 96 valence electrons. The van der Waals surface area contributed by atoms with E-state index in [2.05, 4.69) is 46.7 Å². The lowest BCUT2D eigenvalue weighted by atomic mass is 10.3. The number of amides is 1. The molecule has 1 aromatic rings. The fraction of sp³-hybridized carbons (Fsp3) is 0.417. The van der Waals surface area contributed by atoms with Crippen LogP contribution in [0.25, 0.3) is 0 Å². The normalized spacial score (nSPS) is 9.88. The molecular weight excluding hydrogens is 351 g/mol. The van der Waals surface area contributed by atoms with Crippen molar-refractivity contribution in [3.63, 3.8) is 0 Å². The van der Waals surface area contributed by atoms with Gasteiger partial charge in [-0.2, -0.15) is 0 Å². The number of anilines is 1. The second-order valence-electron chi connectivity index (χ2n) is 3.52. The summed E-state index contributed by atoms with van der Waals surface area (Å²) in [4.78, 5) is 13.8. The number of likely N-dealkylation sites (N-methyl/N-ethyl adjacent to an activating group) is 1. The second-order valence-corrected chi connectivity index (χ2v) is 4.77. The molecule has 0 aromatic heterocycles. The molecule has 0 saturated heterocycles. The van der Waals surface area contributed by atoms with Gasteiger partial charge in [0.15, 0.2) is 0 Å². The number of carbonyl (C=O) groups is 1. The molecule has 17 heavy (non-hydrogen) atoms. The Bertz CT molecular complexity index is 356. The van der Waals surface area contributed by atoms with E-state index in [1.807, 2.05) is 24.3 Å². The number of benzene rings is 1. The lowest BCUT2D eigenvalue weighted by Gasteiger charge is -2.17. The first-order chi connectivity index (χ1) is 7.65. The maximum Gasteiger partial charge on any atom is 0.238 e. The minimum absolute atomic E-state index is 0. The lowest BCUT2D eigenvalue weighted by Crippen LogP contribution is -2.32. The van der Waals surface area contributed by atoms with Gasteiger partial charge >= 0.3 is 0 Å². The van der Waals surface area contributed by atoms with Gasteiger partial charge in [-0.05, 0) is 53.9 Å². The highest BCUT2D eigenvalue weighted by Gasteiger charge is 2.07. The van der Waals surface area contributed by atoms with Crippen LogP contribution in [-0.4, -0.2) is 30.4 Å². The molecule has 0 saturated carbocycles. The molecule has 1 N–H and O–H groups in total. The largest absolute Gasteiger partial charge is 0.325 e. The number of rotatable bonds is 5. The first-order valence-corrected chi connectivity index (χ1v) is 6.51. The minimum Gasteiger partial charge on any atom is -0.325 e. The van der Waals surface area contributed by atoms with Crippen molar-refractivity contribution in [2.75, 3.05) is 25.0 Å². The monoisotopic (exact) mass is 368 g/mol. The minimum atomic E-state index is 0. The average molecular weight is 369 g/mol. The molecule has 0 unspecified atom stereocenters. The summed E-state index contributed by atoms with van der Waals surface area (Å²) < 4.78 is 1.12. The van der Waals surface area contributed by atoms with Crippen molar-refractivity contribution in [2.24, 2.45) is 0 Å².